The molecule has 15 nitrogen and oxygen atoms in total. The Morgan fingerprint density at radius 3 is 1.49 bits per heavy atom. The van der Waals surface area contributed by atoms with Gasteiger partial charge in [0.15, 0.2) is 0 Å². The quantitative estimate of drug-likeness (QED) is 0.0420. The van der Waals surface area contributed by atoms with Crippen molar-refractivity contribution in [3.8, 4) is 0 Å². The van der Waals surface area contributed by atoms with Gasteiger partial charge in [0.05, 0.1) is 39.6 Å². The minimum atomic E-state index is -1.18. The van der Waals surface area contributed by atoms with E-state index in [4.69, 9.17) is 29.2 Å². The number of aliphatic hydroxyl groups excluding tert-OH is 1. The topological polar surface area (TPSA) is 219 Å². The minimum absolute atomic E-state index is 0.0176. The zero-order valence-corrected chi connectivity index (χ0v) is 28.0. The summed E-state index contributed by atoms with van der Waals surface area (Å²) in [6.07, 6.45) is 12.8. The highest BCUT2D eigenvalue weighted by Gasteiger charge is 2.20. The molecular formula is C32H59N3O12. The van der Waals surface area contributed by atoms with Crippen molar-refractivity contribution in [1.29, 1.82) is 0 Å². The molecule has 1 unspecified atom stereocenters. The Kier molecular flexibility index (Phi) is 31.1. The third-order valence-electron chi connectivity index (χ3n) is 7.04. The number of hydrogen-bond acceptors (Lipinski definition) is 10. The first kappa shape index (κ1) is 44.1. The van der Waals surface area contributed by atoms with Crippen LogP contribution < -0.4 is 16.0 Å². The Hall–Kier alpha value is -2.85. The van der Waals surface area contributed by atoms with Crippen LogP contribution in [0.15, 0.2) is 0 Å². The van der Waals surface area contributed by atoms with E-state index in [0.717, 1.165) is 51.4 Å². The lowest BCUT2D eigenvalue weighted by Crippen LogP contribution is -2.41. The lowest BCUT2D eigenvalue weighted by molar-refractivity contribution is -0.142. The highest BCUT2D eigenvalue weighted by atomic mass is 16.6. The van der Waals surface area contributed by atoms with Crippen LogP contribution in [-0.4, -0.2) is 117 Å². The standard InChI is InChI=1S/C32H59N3O12/c36-26-47-24-22-45-20-18-34-30(39)25-46-23-21-44-19-17-33-28(37)16-15-27(32(42)43)35-29(38)13-11-9-7-5-3-1-2-4-6-8-10-12-14-31(40)41/h27,36H,1-26H2,(H,33,37)(H,34,39)(H,35,38)(H,40,41)(H,42,43). The summed E-state index contributed by atoms with van der Waals surface area (Å²) in [6, 6.07) is -1.13. The van der Waals surface area contributed by atoms with Gasteiger partial charge in [0, 0.05) is 32.4 Å². The maximum absolute atomic E-state index is 12.2. The maximum Gasteiger partial charge on any atom is 0.326 e. The number of aliphatic hydroxyl groups is 1. The van der Waals surface area contributed by atoms with Crippen molar-refractivity contribution in [1.82, 2.24) is 16.0 Å². The zero-order chi connectivity index (χ0) is 34.8. The van der Waals surface area contributed by atoms with Gasteiger partial charge in [0.25, 0.3) is 0 Å². The molecule has 0 radical (unpaired) electrons. The molecule has 0 aromatic heterocycles. The fourth-order valence-corrected chi connectivity index (χ4v) is 4.46. The van der Waals surface area contributed by atoms with E-state index in [-0.39, 0.29) is 89.8 Å². The molecule has 0 aromatic carbocycles. The van der Waals surface area contributed by atoms with Crippen molar-refractivity contribution in [3.63, 3.8) is 0 Å². The van der Waals surface area contributed by atoms with Crippen LogP contribution in [0.5, 0.6) is 0 Å². The predicted molar refractivity (Wildman–Crippen MR) is 173 cm³/mol. The lowest BCUT2D eigenvalue weighted by atomic mass is 10.0. The van der Waals surface area contributed by atoms with Gasteiger partial charge in [0.2, 0.25) is 17.7 Å². The Morgan fingerprint density at radius 1 is 0.511 bits per heavy atom. The smallest absolute Gasteiger partial charge is 0.326 e. The molecule has 0 bridgehead atoms. The molecule has 0 aliphatic carbocycles. The number of unbranched alkanes of at least 4 members (excludes halogenated alkanes) is 11. The maximum atomic E-state index is 12.2. The van der Waals surface area contributed by atoms with Crippen LogP contribution >= 0.6 is 0 Å². The molecule has 0 spiro atoms. The molecule has 274 valence electrons. The van der Waals surface area contributed by atoms with Crippen molar-refractivity contribution in [3.05, 3.63) is 0 Å². The number of carbonyl (C=O) groups excluding carboxylic acids is 3. The Morgan fingerprint density at radius 2 is 0.979 bits per heavy atom. The van der Waals surface area contributed by atoms with Gasteiger partial charge in [0.1, 0.15) is 19.4 Å². The SMILES string of the molecule is O=C(O)CCCCCCCCCCCCCCC(=O)NC(CCC(=O)NCCOCCOCC(=O)NCCOCCOCO)C(=O)O. The van der Waals surface area contributed by atoms with Crippen molar-refractivity contribution >= 4 is 29.7 Å². The number of rotatable bonds is 35. The van der Waals surface area contributed by atoms with Gasteiger partial charge in [-0.05, 0) is 19.3 Å². The summed E-state index contributed by atoms with van der Waals surface area (Å²) in [5, 5.41) is 34.3. The highest BCUT2D eigenvalue weighted by molar-refractivity contribution is 5.84. The second-order valence-corrected chi connectivity index (χ2v) is 11.1. The number of nitrogens with one attached hydrogen (secondary N) is 3. The summed E-state index contributed by atoms with van der Waals surface area (Å²) < 4.78 is 20.4. The molecular weight excluding hydrogens is 618 g/mol. The predicted octanol–water partition coefficient (Wildman–Crippen LogP) is 2.13. The molecule has 0 aromatic rings. The molecule has 3 amide bonds. The third kappa shape index (κ3) is 32.9. The number of amides is 3. The van der Waals surface area contributed by atoms with Crippen molar-refractivity contribution in [2.45, 2.75) is 109 Å². The molecule has 1 atom stereocenters. The second kappa shape index (κ2) is 33.1. The van der Waals surface area contributed by atoms with Gasteiger partial charge in [-0.25, -0.2) is 4.79 Å². The van der Waals surface area contributed by atoms with Crippen molar-refractivity contribution < 1.29 is 58.2 Å². The van der Waals surface area contributed by atoms with Gasteiger partial charge < -0.3 is 50.2 Å². The number of aliphatic carboxylic acids is 2. The van der Waals surface area contributed by atoms with Gasteiger partial charge >= 0.3 is 11.9 Å². The molecule has 0 saturated carbocycles. The largest absolute Gasteiger partial charge is 0.481 e. The van der Waals surface area contributed by atoms with Gasteiger partial charge in [-0.3, -0.25) is 19.2 Å². The van der Waals surface area contributed by atoms with Crippen LogP contribution in [0.1, 0.15) is 103 Å². The highest BCUT2D eigenvalue weighted by Crippen LogP contribution is 2.13. The molecule has 0 saturated heterocycles. The average Bonchev–Trinajstić information content (AvgIpc) is 3.03. The Bertz CT molecular complexity index is 831. The molecule has 47 heavy (non-hydrogen) atoms. The summed E-state index contributed by atoms with van der Waals surface area (Å²) in [6.45, 7) is 1.59. The van der Waals surface area contributed by atoms with E-state index in [1.165, 1.54) is 19.3 Å². The first-order valence-corrected chi connectivity index (χ1v) is 17.0. The van der Waals surface area contributed by atoms with Crippen LogP contribution in [0.25, 0.3) is 0 Å². The minimum Gasteiger partial charge on any atom is -0.481 e. The monoisotopic (exact) mass is 677 g/mol. The van der Waals surface area contributed by atoms with Gasteiger partial charge in [-0.1, -0.05) is 64.2 Å². The fourth-order valence-electron chi connectivity index (χ4n) is 4.46. The fraction of sp³-hybridized carbons (Fsp3) is 0.844. The normalized spacial score (nSPS) is 11.6. The van der Waals surface area contributed by atoms with Crippen molar-refractivity contribution in [2.75, 3.05) is 66.1 Å². The van der Waals surface area contributed by atoms with Crippen LogP contribution in [0, 0.1) is 0 Å². The number of hydrogen-bond donors (Lipinski definition) is 6. The van der Waals surface area contributed by atoms with E-state index in [1.54, 1.807) is 0 Å². The van der Waals surface area contributed by atoms with Crippen LogP contribution in [0.2, 0.25) is 0 Å². The summed E-state index contributed by atoms with van der Waals surface area (Å²) in [7, 11) is 0. The number of carbonyl (C=O) groups is 5. The first-order chi connectivity index (χ1) is 22.8. The third-order valence-corrected chi connectivity index (χ3v) is 7.04. The van der Waals surface area contributed by atoms with E-state index in [2.05, 4.69) is 16.0 Å². The second-order valence-electron chi connectivity index (χ2n) is 11.1. The number of ether oxygens (including phenoxy) is 4. The molecule has 6 N–H and O–H groups in total. The van der Waals surface area contributed by atoms with E-state index >= 15 is 0 Å². The molecule has 0 aliphatic rings. The molecule has 15 heteroatoms. The Labute approximate surface area is 278 Å². The lowest BCUT2D eigenvalue weighted by Gasteiger charge is -2.14. The van der Waals surface area contributed by atoms with E-state index in [1.807, 2.05) is 0 Å². The first-order valence-electron chi connectivity index (χ1n) is 17.0. The van der Waals surface area contributed by atoms with Crippen LogP contribution in [-0.2, 0) is 42.9 Å². The van der Waals surface area contributed by atoms with E-state index < -0.39 is 18.0 Å². The average molecular weight is 678 g/mol. The zero-order valence-electron chi connectivity index (χ0n) is 28.0. The summed E-state index contributed by atoms with van der Waals surface area (Å²) >= 11 is 0. The number of carboxylic acid groups (broad SMARTS) is 2. The van der Waals surface area contributed by atoms with Crippen LogP contribution in [0.3, 0.4) is 0 Å². The number of carboxylic acids is 2. The van der Waals surface area contributed by atoms with Crippen molar-refractivity contribution in [2.24, 2.45) is 0 Å². The van der Waals surface area contributed by atoms with Gasteiger partial charge in [-0.15, -0.1) is 0 Å². The Balaban J connectivity index is 3.69. The molecule has 0 rings (SSSR count). The molecule has 0 aliphatic heterocycles. The molecule has 0 fully saturated rings. The summed E-state index contributed by atoms with van der Waals surface area (Å²) in [5.74, 6) is -2.87. The van der Waals surface area contributed by atoms with Gasteiger partial charge in [-0.2, -0.15) is 0 Å². The van der Waals surface area contributed by atoms with E-state index in [9.17, 15) is 29.1 Å². The van der Waals surface area contributed by atoms with Crippen LogP contribution in [0.4, 0.5) is 0 Å². The van der Waals surface area contributed by atoms with E-state index in [0.29, 0.717) is 26.2 Å². The summed E-state index contributed by atoms with van der Waals surface area (Å²) in [5.41, 5.74) is 0. The summed E-state index contributed by atoms with van der Waals surface area (Å²) in [4.78, 5) is 58.0. The molecule has 0 heterocycles.